The van der Waals surface area contributed by atoms with Crippen LogP contribution in [-0.4, -0.2) is 41.1 Å². The summed E-state index contributed by atoms with van der Waals surface area (Å²) in [4.78, 5) is 11.4. The number of nitrogens with one attached hydrogen (secondary N) is 2. The van der Waals surface area contributed by atoms with Gasteiger partial charge in [-0.15, -0.1) is 12.4 Å². The predicted octanol–water partition coefficient (Wildman–Crippen LogP) is 1.17. The maximum absolute atomic E-state index is 12.0. The number of sulfonamides is 1. The smallest absolute Gasteiger partial charge is 0.337 e. The van der Waals surface area contributed by atoms with Crippen molar-refractivity contribution in [1.82, 2.24) is 10.0 Å². The predicted molar refractivity (Wildman–Crippen MR) is 83.4 cm³/mol. The number of benzene rings is 1. The highest BCUT2D eigenvalue weighted by atomic mass is 35.5. The van der Waals surface area contributed by atoms with E-state index in [0.29, 0.717) is 13.1 Å². The van der Waals surface area contributed by atoms with E-state index < -0.39 is 16.0 Å². The van der Waals surface area contributed by atoms with Crippen molar-refractivity contribution in [2.24, 2.45) is 0 Å². The summed E-state index contributed by atoms with van der Waals surface area (Å²) in [5.74, 6) is -0.563. The van der Waals surface area contributed by atoms with E-state index in [9.17, 15) is 13.2 Å². The van der Waals surface area contributed by atoms with E-state index in [2.05, 4.69) is 14.8 Å². The third-order valence-electron chi connectivity index (χ3n) is 2.59. The molecule has 0 radical (unpaired) electrons. The number of rotatable bonds is 8. The van der Waals surface area contributed by atoms with Gasteiger partial charge in [-0.25, -0.2) is 17.9 Å². The molecule has 0 aliphatic rings. The average molecular weight is 337 g/mol. The molecule has 1 rings (SSSR count). The largest absolute Gasteiger partial charge is 0.465 e. The summed E-state index contributed by atoms with van der Waals surface area (Å²) in [6, 6.07) is 5.76. The van der Waals surface area contributed by atoms with Gasteiger partial charge in [-0.1, -0.05) is 13.0 Å². The Morgan fingerprint density at radius 2 is 1.95 bits per heavy atom. The normalized spacial score (nSPS) is 10.8. The van der Waals surface area contributed by atoms with E-state index in [1.54, 1.807) is 0 Å². The molecule has 1 aromatic carbocycles. The van der Waals surface area contributed by atoms with Crippen LogP contribution in [0.4, 0.5) is 0 Å². The molecule has 8 heteroatoms. The highest BCUT2D eigenvalue weighted by molar-refractivity contribution is 7.89. The fraction of sp³-hybridized carbons (Fsp3) is 0.462. The molecule has 0 heterocycles. The number of esters is 1. The Bertz CT molecular complexity index is 549. The molecular weight excluding hydrogens is 316 g/mol. The molecule has 0 atom stereocenters. The number of carbonyl (C=O) groups is 1. The first-order chi connectivity index (χ1) is 9.51. The van der Waals surface area contributed by atoms with Gasteiger partial charge in [0.25, 0.3) is 0 Å². The topological polar surface area (TPSA) is 84.5 Å². The molecule has 0 aromatic heterocycles. The molecule has 0 aliphatic carbocycles. The van der Waals surface area contributed by atoms with Gasteiger partial charge in [0.15, 0.2) is 0 Å². The van der Waals surface area contributed by atoms with Crippen LogP contribution in [-0.2, 0) is 14.8 Å². The number of hydrogen-bond acceptors (Lipinski definition) is 5. The monoisotopic (exact) mass is 336 g/mol. The number of methoxy groups -OCH3 is 1. The molecule has 0 aliphatic heterocycles. The maximum Gasteiger partial charge on any atom is 0.337 e. The zero-order valence-electron chi connectivity index (χ0n) is 12.1. The van der Waals surface area contributed by atoms with Gasteiger partial charge in [0.1, 0.15) is 0 Å². The lowest BCUT2D eigenvalue weighted by Gasteiger charge is -2.08. The molecular formula is C13H21ClN2O4S. The lowest BCUT2D eigenvalue weighted by molar-refractivity contribution is 0.0600. The molecule has 2 N–H and O–H groups in total. The Morgan fingerprint density at radius 3 is 2.57 bits per heavy atom. The van der Waals surface area contributed by atoms with Crippen molar-refractivity contribution < 1.29 is 17.9 Å². The minimum absolute atomic E-state index is 0. The van der Waals surface area contributed by atoms with Gasteiger partial charge in [0.2, 0.25) is 10.0 Å². The van der Waals surface area contributed by atoms with Crippen LogP contribution >= 0.6 is 12.4 Å². The Morgan fingerprint density at radius 1 is 1.24 bits per heavy atom. The second-order valence-corrected chi connectivity index (χ2v) is 5.93. The minimum atomic E-state index is -3.61. The summed E-state index contributed by atoms with van der Waals surface area (Å²) < 4.78 is 31.1. The second kappa shape index (κ2) is 9.73. The molecule has 0 unspecified atom stereocenters. The quantitative estimate of drug-likeness (QED) is 0.550. The molecule has 0 amide bonds. The van der Waals surface area contributed by atoms with Crippen LogP contribution < -0.4 is 10.0 Å². The average Bonchev–Trinajstić information content (AvgIpc) is 2.46. The molecule has 0 spiro atoms. The van der Waals surface area contributed by atoms with Crippen molar-refractivity contribution in [1.29, 1.82) is 0 Å². The summed E-state index contributed by atoms with van der Waals surface area (Å²) in [7, 11) is -2.36. The molecule has 0 saturated heterocycles. The fourth-order valence-corrected chi connectivity index (χ4v) is 2.64. The van der Waals surface area contributed by atoms with E-state index in [0.717, 1.165) is 13.0 Å². The lowest BCUT2D eigenvalue weighted by atomic mass is 10.2. The molecule has 0 fully saturated rings. The van der Waals surface area contributed by atoms with Crippen LogP contribution in [0, 0.1) is 0 Å². The first-order valence-corrected chi connectivity index (χ1v) is 7.88. The van der Waals surface area contributed by atoms with Crippen molar-refractivity contribution in [2.75, 3.05) is 26.7 Å². The molecule has 0 bridgehead atoms. The summed E-state index contributed by atoms with van der Waals surface area (Å²) in [5, 5.41) is 3.10. The molecule has 0 saturated carbocycles. The summed E-state index contributed by atoms with van der Waals surface area (Å²) >= 11 is 0. The first-order valence-electron chi connectivity index (χ1n) is 6.40. The summed E-state index contributed by atoms with van der Waals surface area (Å²) in [6.07, 6.45) is 0.994. The summed E-state index contributed by atoms with van der Waals surface area (Å²) in [5.41, 5.74) is 0.208. The van der Waals surface area contributed by atoms with E-state index in [1.165, 1.54) is 31.4 Å². The Balaban J connectivity index is 0.00000400. The van der Waals surface area contributed by atoms with Crippen molar-refractivity contribution >= 4 is 28.4 Å². The van der Waals surface area contributed by atoms with Crippen LogP contribution in [0.15, 0.2) is 29.2 Å². The van der Waals surface area contributed by atoms with Gasteiger partial charge >= 0.3 is 5.97 Å². The Kier molecular flexibility index (Phi) is 9.19. The first kappa shape index (κ1) is 19.9. The van der Waals surface area contributed by atoms with Gasteiger partial charge in [0.05, 0.1) is 17.6 Å². The molecule has 120 valence electrons. The zero-order valence-corrected chi connectivity index (χ0v) is 13.7. The van der Waals surface area contributed by atoms with Gasteiger partial charge in [-0.2, -0.15) is 0 Å². The van der Waals surface area contributed by atoms with E-state index in [-0.39, 0.29) is 22.9 Å². The third kappa shape index (κ3) is 6.43. The third-order valence-corrected chi connectivity index (χ3v) is 4.04. The van der Waals surface area contributed by atoms with Crippen molar-refractivity contribution in [3.63, 3.8) is 0 Å². The van der Waals surface area contributed by atoms with Crippen molar-refractivity contribution in [3.8, 4) is 0 Å². The van der Waals surface area contributed by atoms with Crippen LogP contribution in [0.2, 0.25) is 0 Å². The Hall–Kier alpha value is -1.15. The standard InChI is InChI=1S/C13H20N2O4S.ClH/c1-3-7-14-8-9-15-20(17,18)12-6-4-5-11(10-12)13(16)19-2;/h4-6,10,14-15H,3,7-9H2,1-2H3;1H. The second-order valence-electron chi connectivity index (χ2n) is 4.17. The number of carbonyl (C=O) groups excluding carboxylic acids is 1. The SMILES string of the molecule is CCCNCCNS(=O)(=O)c1cccc(C(=O)OC)c1.Cl. The molecule has 21 heavy (non-hydrogen) atoms. The van der Waals surface area contributed by atoms with Crippen molar-refractivity contribution in [2.45, 2.75) is 18.2 Å². The number of halogens is 1. The fourth-order valence-electron chi connectivity index (χ4n) is 1.57. The zero-order chi connectivity index (χ0) is 15.0. The van der Waals surface area contributed by atoms with Crippen LogP contribution in [0.25, 0.3) is 0 Å². The summed E-state index contributed by atoms with van der Waals surface area (Å²) in [6.45, 7) is 3.74. The highest BCUT2D eigenvalue weighted by Gasteiger charge is 2.15. The number of hydrogen-bond donors (Lipinski definition) is 2. The van der Waals surface area contributed by atoms with Crippen LogP contribution in [0.5, 0.6) is 0 Å². The molecule has 1 aromatic rings. The highest BCUT2D eigenvalue weighted by Crippen LogP contribution is 2.12. The lowest BCUT2D eigenvalue weighted by Crippen LogP contribution is -2.32. The van der Waals surface area contributed by atoms with Crippen LogP contribution in [0.1, 0.15) is 23.7 Å². The van der Waals surface area contributed by atoms with E-state index in [4.69, 9.17) is 0 Å². The van der Waals surface area contributed by atoms with Crippen LogP contribution in [0.3, 0.4) is 0 Å². The van der Waals surface area contributed by atoms with Crippen molar-refractivity contribution in [3.05, 3.63) is 29.8 Å². The Labute approximate surface area is 131 Å². The molecule has 6 nitrogen and oxygen atoms in total. The van der Waals surface area contributed by atoms with Gasteiger partial charge < -0.3 is 10.1 Å². The van der Waals surface area contributed by atoms with Gasteiger partial charge in [-0.3, -0.25) is 0 Å². The van der Waals surface area contributed by atoms with E-state index >= 15 is 0 Å². The van der Waals surface area contributed by atoms with Gasteiger partial charge in [-0.05, 0) is 31.2 Å². The minimum Gasteiger partial charge on any atom is -0.465 e. The van der Waals surface area contributed by atoms with Gasteiger partial charge in [0, 0.05) is 13.1 Å². The maximum atomic E-state index is 12.0. The number of ether oxygens (including phenoxy) is 1. The van der Waals surface area contributed by atoms with E-state index in [1.807, 2.05) is 6.92 Å².